The maximum absolute atomic E-state index is 12.6. The van der Waals surface area contributed by atoms with E-state index in [4.69, 9.17) is 5.73 Å². The van der Waals surface area contributed by atoms with Crippen molar-refractivity contribution in [1.82, 2.24) is 9.78 Å². The molecule has 0 saturated carbocycles. The van der Waals surface area contributed by atoms with Crippen molar-refractivity contribution < 1.29 is 9.59 Å². The van der Waals surface area contributed by atoms with Crippen molar-refractivity contribution in [2.24, 2.45) is 17.6 Å². The molecule has 162 valence electrons. The molecule has 1 aliphatic heterocycles. The third-order valence-electron chi connectivity index (χ3n) is 5.82. The van der Waals surface area contributed by atoms with Crippen molar-refractivity contribution in [1.29, 1.82) is 0 Å². The molecule has 1 aromatic carbocycles. The third-order valence-corrected chi connectivity index (χ3v) is 5.82. The first-order chi connectivity index (χ1) is 14.2. The second kappa shape index (κ2) is 9.32. The summed E-state index contributed by atoms with van der Waals surface area (Å²) in [6, 6.07) is 7.87. The van der Waals surface area contributed by atoms with E-state index in [-0.39, 0.29) is 17.7 Å². The van der Waals surface area contributed by atoms with Crippen LogP contribution in [-0.2, 0) is 22.6 Å². The second-order valence-electron chi connectivity index (χ2n) is 8.66. The van der Waals surface area contributed by atoms with Crippen molar-refractivity contribution in [3.8, 4) is 0 Å². The molecule has 3 N–H and O–H groups in total. The molecule has 2 amide bonds. The summed E-state index contributed by atoms with van der Waals surface area (Å²) >= 11 is 0. The van der Waals surface area contributed by atoms with Crippen molar-refractivity contribution >= 4 is 23.2 Å². The lowest BCUT2D eigenvalue weighted by Gasteiger charge is -2.32. The van der Waals surface area contributed by atoms with E-state index in [2.05, 4.69) is 29.2 Å². The fourth-order valence-electron chi connectivity index (χ4n) is 4.06. The first kappa shape index (κ1) is 21.9. The lowest BCUT2D eigenvalue weighted by Crippen LogP contribution is -2.38. The van der Waals surface area contributed by atoms with E-state index in [1.54, 1.807) is 0 Å². The molecule has 7 nitrogen and oxygen atoms in total. The Bertz CT molecular complexity index is 893. The smallest absolute Gasteiger partial charge is 0.228 e. The summed E-state index contributed by atoms with van der Waals surface area (Å²) in [7, 11) is 0. The zero-order valence-corrected chi connectivity index (χ0v) is 18.4. The summed E-state index contributed by atoms with van der Waals surface area (Å²) < 4.78 is 2.00. The molecule has 1 saturated heterocycles. The van der Waals surface area contributed by atoms with E-state index in [0.29, 0.717) is 12.3 Å². The summed E-state index contributed by atoms with van der Waals surface area (Å²) in [6.07, 6.45) is 1.90. The summed E-state index contributed by atoms with van der Waals surface area (Å²) in [6.45, 7) is 10.8. The number of amides is 2. The molecule has 0 unspecified atom stereocenters. The molecule has 1 fully saturated rings. The molecule has 30 heavy (non-hydrogen) atoms. The summed E-state index contributed by atoms with van der Waals surface area (Å²) in [4.78, 5) is 26.2. The van der Waals surface area contributed by atoms with Crippen LogP contribution < -0.4 is 16.0 Å². The number of hydrogen-bond acceptors (Lipinski definition) is 4. The number of piperidine rings is 1. The number of rotatable bonds is 7. The second-order valence-corrected chi connectivity index (χ2v) is 8.66. The predicted octanol–water partition coefficient (Wildman–Crippen LogP) is 3.04. The molecular weight excluding hydrogens is 378 g/mol. The van der Waals surface area contributed by atoms with Crippen LogP contribution in [0.2, 0.25) is 0 Å². The Labute approximate surface area is 178 Å². The minimum atomic E-state index is -0.201. The maximum atomic E-state index is 12.6. The van der Waals surface area contributed by atoms with Crippen LogP contribution in [0, 0.1) is 25.7 Å². The number of benzene rings is 1. The molecule has 2 heterocycles. The zero-order valence-electron chi connectivity index (χ0n) is 18.4. The Morgan fingerprint density at radius 2 is 1.80 bits per heavy atom. The molecule has 0 bridgehead atoms. The Morgan fingerprint density at radius 3 is 2.37 bits per heavy atom. The highest BCUT2D eigenvalue weighted by Gasteiger charge is 2.23. The highest BCUT2D eigenvalue weighted by Crippen LogP contribution is 2.25. The number of hydrogen-bond donors (Lipinski definition) is 2. The number of aryl methyl sites for hydroxylation is 1. The highest BCUT2D eigenvalue weighted by atomic mass is 16.2. The Morgan fingerprint density at radius 1 is 1.17 bits per heavy atom. The number of aromatic nitrogens is 2. The highest BCUT2D eigenvalue weighted by molar-refractivity contribution is 5.92. The van der Waals surface area contributed by atoms with Gasteiger partial charge < -0.3 is 16.0 Å². The number of carbonyl (C=O) groups excluding carboxylic acids is 2. The van der Waals surface area contributed by atoms with E-state index in [9.17, 15) is 9.59 Å². The molecule has 0 spiro atoms. The van der Waals surface area contributed by atoms with Crippen LogP contribution in [0.4, 0.5) is 11.4 Å². The maximum Gasteiger partial charge on any atom is 0.228 e. The normalized spacial score (nSPS) is 14.9. The van der Waals surface area contributed by atoms with Crippen LogP contribution >= 0.6 is 0 Å². The third kappa shape index (κ3) is 5.20. The van der Waals surface area contributed by atoms with E-state index in [1.807, 2.05) is 42.8 Å². The molecule has 2 aromatic rings. The molecular formula is C23H33N5O2. The largest absolute Gasteiger partial charge is 0.371 e. The quantitative estimate of drug-likeness (QED) is 0.732. The SMILES string of the molecule is Cc1nn(CC(C)C)c(C)c1CC(=O)Nc1ccc(N2CCC(C(N)=O)CC2)cc1. The Kier molecular flexibility index (Phi) is 6.80. The van der Waals surface area contributed by atoms with Crippen molar-refractivity contribution in [2.45, 2.75) is 53.5 Å². The van der Waals surface area contributed by atoms with Crippen LogP contribution in [0.3, 0.4) is 0 Å². The average Bonchev–Trinajstić information content (AvgIpc) is 2.95. The van der Waals surface area contributed by atoms with Crippen LogP contribution in [0.25, 0.3) is 0 Å². The van der Waals surface area contributed by atoms with Gasteiger partial charge in [-0.2, -0.15) is 5.10 Å². The Hall–Kier alpha value is -2.83. The molecule has 0 radical (unpaired) electrons. The fraction of sp³-hybridized carbons (Fsp3) is 0.522. The van der Waals surface area contributed by atoms with Crippen LogP contribution in [0.5, 0.6) is 0 Å². The topological polar surface area (TPSA) is 93.2 Å². The summed E-state index contributed by atoms with van der Waals surface area (Å²) in [5.41, 5.74) is 10.3. The number of nitrogens with two attached hydrogens (primary N) is 1. The first-order valence-corrected chi connectivity index (χ1v) is 10.7. The van der Waals surface area contributed by atoms with Crippen LogP contribution in [0.1, 0.15) is 43.6 Å². The zero-order chi connectivity index (χ0) is 21.8. The molecule has 0 aliphatic carbocycles. The number of nitrogens with zero attached hydrogens (tertiary/aromatic N) is 3. The van der Waals surface area contributed by atoms with Gasteiger partial charge in [0.15, 0.2) is 0 Å². The molecule has 7 heteroatoms. The monoisotopic (exact) mass is 411 g/mol. The van der Waals surface area contributed by atoms with E-state index in [0.717, 1.165) is 60.8 Å². The average molecular weight is 412 g/mol. The number of anilines is 2. The predicted molar refractivity (Wildman–Crippen MR) is 119 cm³/mol. The van der Waals surface area contributed by atoms with Gasteiger partial charge in [0.2, 0.25) is 11.8 Å². The van der Waals surface area contributed by atoms with E-state index >= 15 is 0 Å². The van der Waals surface area contributed by atoms with Gasteiger partial charge in [-0.05, 0) is 56.9 Å². The van der Waals surface area contributed by atoms with Gasteiger partial charge in [0.1, 0.15) is 0 Å². The van der Waals surface area contributed by atoms with Crippen molar-refractivity contribution in [3.63, 3.8) is 0 Å². The van der Waals surface area contributed by atoms with Crippen LogP contribution in [0.15, 0.2) is 24.3 Å². The molecule has 3 rings (SSSR count). The van der Waals surface area contributed by atoms with Gasteiger partial charge >= 0.3 is 0 Å². The van der Waals surface area contributed by atoms with Gasteiger partial charge in [0, 0.05) is 48.2 Å². The molecule has 0 atom stereocenters. The number of primary amides is 1. The van der Waals surface area contributed by atoms with Gasteiger partial charge in [-0.25, -0.2) is 0 Å². The number of nitrogens with one attached hydrogen (secondary N) is 1. The van der Waals surface area contributed by atoms with Gasteiger partial charge in [0.05, 0.1) is 12.1 Å². The van der Waals surface area contributed by atoms with Gasteiger partial charge in [-0.15, -0.1) is 0 Å². The minimum Gasteiger partial charge on any atom is -0.371 e. The van der Waals surface area contributed by atoms with Gasteiger partial charge in [0.25, 0.3) is 0 Å². The summed E-state index contributed by atoms with van der Waals surface area (Å²) in [5.74, 6) is 0.245. The van der Waals surface area contributed by atoms with Gasteiger partial charge in [-0.1, -0.05) is 13.8 Å². The number of carbonyl (C=O) groups is 2. The first-order valence-electron chi connectivity index (χ1n) is 10.7. The van der Waals surface area contributed by atoms with E-state index < -0.39 is 0 Å². The molecule has 1 aromatic heterocycles. The molecule has 1 aliphatic rings. The van der Waals surface area contributed by atoms with Crippen molar-refractivity contribution in [3.05, 3.63) is 41.2 Å². The van der Waals surface area contributed by atoms with Crippen LogP contribution in [-0.4, -0.2) is 34.7 Å². The van der Waals surface area contributed by atoms with E-state index in [1.165, 1.54) is 0 Å². The standard InChI is InChI=1S/C23H33N5O2/c1-15(2)14-28-17(4)21(16(3)26-28)13-22(29)25-19-5-7-20(8-6-19)27-11-9-18(10-12-27)23(24)30/h5-8,15,18H,9-14H2,1-4H3,(H2,24,30)(H,25,29). The minimum absolute atomic E-state index is 0.0170. The lowest BCUT2D eigenvalue weighted by atomic mass is 9.96. The fourth-order valence-corrected chi connectivity index (χ4v) is 4.06. The lowest BCUT2D eigenvalue weighted by molar-refractivity contribution is -0.122. The Balaban J connectivity index is 1.58. The summed E-state index contributed by atoms with van der Waals surface area (Å²) in [5, 5.41) is 7.58. The van der Waals surface area contributed by atoms with Crippen molar-refractivity contribution in [2.75, 3.05) is 23.3 Å². The van der Waals surface area contributed by atoms with Gasteiger partial charge in [-0.3, -0.25) is 14.3 Å².